The Morgan fingerprint density at radius 3 is 3.00 bits per heavy atom. The second-order valence-corrected chi connectivity index (χ2v) is 4.55. The molecule has 0 aromatic carbocycles. The van der Waals surface area contributed by atoms with Crippen LogP contribution >= 0.6 is 22.9 Å². The lowest BCUT2D eigenvalue weighted by atomic mass is 10.4. The molecule has 0 unspecified atom stereocenters. The van der Waals surface area contributed by atoms with Crippen LogP contribution in [0.2, 0.25) is 5.15 Å². The molecular formula is C10H10ClN3S. The molecule has 5 heteroatoms. The minimum Gasteiger partial charge on any atom is -0.353 e. The topological polar surface area (TPSA) is 29.0 Å². The van der Waals surface area contributed by atoms with E-state index >= 15 is 0 Å². The van der Waals surface area contributed by atoms with Gasteiger partial charge in [-0.3, -0.25) is 4.98 Å². The number of rotatable bonds is 3. The van der Waals surface area contributed by atoms with Crippen molar-refractivity contribution >= 4 is 28.8 Å². The summed E-state index contributed by atoms with van der Waals surface area (Å²) in [6.45, 7) is 0.826. The molecule has 0 saturated heterocycles. The van der Waals surface area contributed by atoms with Gasteiger partial charge in [0.05, 0.1) is 18.9 Å². The van der Waals surface area contributed by atoms with E-state index in [4.69, 9.17) is 11.6 Å². The maximum Gasteiger partial charge on any atom is 0.149 e. The Bertz CT molecular complexity index is 430. The van der Waals surface area contributed by atoms with Crippen LogP contribution < -0.4 is 4.90 Å². The SMILES string of the molecule is CN(Cc1cccs1)c1cncc(Cl)n1. The lowest BCUT2D eigenvalue weighted by Gasteiger charge is -2.16. The van der Waals surface area contributed by atoms with E-state index in [9.17, 15) is 0 Å². The Morgan fingerprint density at radius 2 is 2.33 bits per heavy atom. The molecule has 0 spiro atoms. The third-order valence-corrected chi connectivity index (χ3v) is 3.00. The lowest BCUT2D eigenvalue weighted by Crippen LogP contribution is -2.17. The molecule has 0 N–H and O–H groups in total. The van der Waals surface area contributed by atoms with E-state index in [1.54, 1.807) is 17.5 Å². The molecule has 2 aromatic heterocycles. The van der Waals surface area contributed by atoms with E-state index in [1.807, 2.05) is 18.0 Å². The van der Waals surface area contributed by atoms with Crippen LogP contribution in [0.1, 0.15) is 4.88 Å². The van der Waals surface area contributed by atoms with Crippen molar-refractivity contribution in [3.05, 3.63) is 39.9 Å². The van der Waals surface area contributed by atoms with Crippen LogP contribution in [0.3, 0.4) is 0 Å². The highest BCUT2D eigenvalue weighted by Crippen LogP contribution is 2.16. The lowest BCUT2D eigenvalue weighted by molar-refractivity contribution is 0.904. The monoisotopic (exact) mass is 239 g/mol. The van der Waals surface area contributed by atoms with Crippen LogP contribution in [0.5, 0.6) is 0 Å². The van der Waals surface area contributed by atoms with E-state index in [1.165, 1.54) is 11.1 Å². The number of hydrogen-bond donors (Lipinski definition) is 0. The first-order chi connectivity index (χ1) is 7.25. The van der Waals surface area contributed by atoms with Crippen molar-refractivity contribution in [1.29, 1.82) is 0 Å². The number of nitrogens with zero attached hydrogens (tertiary/aromatic N) is 3. The minimum absolute atomic E-state index is 0.422. The highest BCUT2D eigenvalue weighted by molar-refractivity contribution is 7.09. The summed E-state index contributed by atoms with van der Waals surface area (Å²) in [5, 5.41) is 2.48. The van der Waals surface area contributed by atoms with Crippen molar-refractivity contribution in [2.45, 2.75) is 6.54 Å². The van der Waals surface area contributed by atoms with Crippen LogP contribution in [0.15, 0.2) is 29.9 Å². The molecule has 0 amide bonds. The van der Waals surface area contributed by atoms with E-state index in [0.717, 1.165) is 12.4 Å². The molecule has 0 atom stereocenters. The molecule has 2 heterocycles. The smallest absolute Gasteiger partial charge is 0.149 e. The maximum atomic E-state index is 5.77. The number of halogens is 1. The minimum atomic E-state index is 0.422. The zero-order valence-electron chi connectivity index (χ0n) is 8.22. The summed E-state index contributed by atoms with van der Waals surface area (Å²) in [6, 6.07) is 4.14. The first kappa shape index (κ1) is 10.4. The van der Waals surface area contributed by atoms with E-state index < -0.39 is 0 Å². The summed E-state index contributed by atoms with van der Waals surface area (Å²) in [6.07, 6.45) is 3.24. The van der Waals surface area contributed by atoms with Crippen molar-refractivity contribution in [2.24, 2.45) is 0 Å². The van der Waals surface area contributed by atoms with Crippen molar-refractivity contribution in [1.82, 2.24) is 9.97 Å². The number of anilines is 1. The van der Waals surface area contributed by atoms with Crippen LogP contribution in [0.25, 0.3) is 0 Å². The molecule has 78 valence electrons. The van der Waals surface area contributed by atoms with Gasteiger partial charge in [0.15, 0.2) is 0 Å². The van der Waals surface area contributed by atoms with Gasteiger partial charge in [-0.2, -0.15) is 0 Å². The molecule has 3 nitrogen and oxygen atoms in total. The quantitative estimate of drug-likeness (QED) is 0.825. The summed E-state index contributed by atoms with van der Waals surface area (Å²) in [7, 11) is 1.97. The van der Waals surface area contributed by atoms with Gasteiger partial charge in [0, 0.05) is 11.9 Å². The van der Waals surface area contributed by atoms with Gasteiger partial charge in [0.2, 0.25) is 0 Å². The van der Waals surface area contributed by atoms with Crippen molar-refractivity contribution in [3.8, 4) is 0 Å². The zero-order chi connectivity index (χ0) is 10.7. The molecule has 0 aliphatic heterocycles. The van der Waals surface area contributed by atoms with Gasteiger partial charge in [-0.05, 0) is 11.4 Å². The van der Waals surface area contributed by atoms with Gasteiger partial charge in [-0.15, -0.1) is 11.3 Å². The number of hydrogen-bond acceptors (Lipinski definition) is 4. The average molecular weight is 240 g/mol. The van der Waals surface area contributed by atoms with Gasteiger partial charge >= 0.3 is 0 Å². The van der Waals surface area contributed by atoms with Crippen molar-refractivity contribution < 1.29 is 0 Å². The zero-order valence-corrected chi connectivity index (χ0v) is 9.79. The molecule has 2 aromatic rings. The summed E-state index contributed by atoms with van der Waals surface area (Å²) in [5.41, 5.74) is 0. The molecule has 0 fully saturated rings. The van der Waals surface area contributed by atoms with Crippen LogP contribution in [0, 0.1) is 0 Å². The normalized spacial score (nSPS) is 10.3. The molecule has 0 radical (unpaired) electrons. The molecular weight excluding hydrogens is 230 g/mol. The molecule has 0 aliphatic carbocycles. The predicted octanol–water partition coefficient (Wildman–Crippen LogP) is 2.83. The van der Waals surface area contributed by atoms with E-state index in [0.29, 0.717) is 5.15 Å². The number of thiophene rings is 1. The summed E-state index contributed by atoms with van der Waals surface area (Å²) in [4.78, 5) is 11.5. The van der Waals surface area contributed by atoms with Crippen LogP contribution in [-0.4, -0.2) is 17.0 Å². The van der Waals surface area contributed by atoms with Crippen LogP contribution in [-0.2, 0) is 6.54 Å². The molecule has 15 heavy (non-hydrogen) atoms. The molecule has 0 aliphatic rings. The second kappa shape index (κ2) is 4.59. The summed E-state index contributed by atoms with van der Waals surface area (Å²) >= 11 is 7.50. The fraction of sp³-hybridized carbons (Fsp3) is 0.200. The van der Waals surface area contributed by atoms with Gasteiger partial charge in [0.1, 0.15) is 11.0 Å². The maximum absolute atomic E-state index is 5.77. The standard InChI is InChI=1S/C10H10ClN3S/c1-14(7-8-3-2-4-15-8)10-6-12-5-9(11)13-10/h2-6H,7H2,1H3. The average Bonchev–Trinajstić information content (AvgIpc) is 2.70. The second-order valence-electron chi connectivity index (χ2n) is 3.14. The summed E-state index contributed by atoms with van der Waals surface area (Å²) < 4.78 is 0. The van der Waals surface area contributed by atoms with E-state index in [2.05, 4.69) is 21.4 Å². The van der Waals surface area contributed by atoms with Gasteiger partial charge in [-0.1, -0.05) is 17.7 Å². The first-order valence-corrected chi connectivity index (χ1v) is 5.72. The third-order valence-electron chi connectivity index (χ3n) is 1.96. The highest BCUT2D eigenvalue weighted by atomic mass is 35.5. The van der Waals surface area contributed by atoms with Crippen molar-refractivity contribution in [2.75, 3.05) is 11.9 Å². The van der Waals surface area contributed by atoms with Gasteiger partial charge < -0.3 is 4.90 Å². The first-order valence-electron chi connectivity index (χ1n) is 4.47. The Kier molecular flexibility index (Phi) is 3.18. The highest BCUT2D eigenvalue weighted by Gasteiger charge is 2.04. The Hall–Kier alpha value is -1.13. The Morgan fingerprint density at radius 1 is 1.47 bits per heavy atom. The Labute approximate surface area is 97.4 Å². The molecule has 0 bridgehead atoms. The predicted molar refractivity (Wildman–Crippen MR) is 63.5 cm³/mol. The molecule has 0 saturated carbocycles. The third kappa shape index (κ3) is 2.67. The van der Waals surface area contributed by atoms with E-state index in [-0.39, 0.29) is 0 Å². The van der Waals surface area contributed by atoms with Crippen LogP contribution in [0.4, 0.5) is 5.82 Å². The largest absolute Gasteiger partial charge is 0.353 e. The number of aromatic nitrogens is 2. The Balaban J connectivity index is 2.11. The summed E-state index contributed by atoms with van der Waals surface area (Å²) in [5.74, 6) is 0.788. The van der Waals surface area contributed by atoms with Gasteiger partial charge in [-0.25, -0.2) is 4.98 Å². The fourth-order valence-corrected chi connectivity index (χ4v) is 2.13. The van der Waals surface area contributed by atoms with Gasteiger partial charge in [0.25, 0.3) is 0 Å². The van der Waals surface area contributed by atoms with Crippen molar-refractivity contribution in [3.63, 3.8) is 0 Å². The molecule has 2 rings (SSSR count). The fourth-order valence-electron chi connectivity index (χ4n) is 1.23.